The number of allylic oxidation sites excluding steroid dienone is 1. The highest BCUT2D eigenvalue weighted by molar-refractivity contribution is 5.96. The maximum Gasteiger partial charge on any atom is 0.162 e. The normalized spacial score (nSPS) is 19.3. The SMILES string of the molecule is CCC(=O)C1=C(CC)OC(c2ccccc2)C1. The summed E-state index contributed by atoms with van der Waals surface area (Å²) in [5.41, 5.74) is 2.04. The van der Waals surface area contributed by atoms with Crippen LogP contribution in [-0.2, 0) is 9.53 Å². The van der Waals surface area contributed by atoms with Crippen molar-refractivity contribution in [2.45, 2.75) is 39.2 Å². The molecule has 0 saturated heterocycles. The third kappa shape index (κ3) is 2.41. The molecule has 1 aliphatic heterocycles. The number of hydrogen-bond acceptors (Lipinski definition) is 2. The Balaban J connectivity index is 2.18. The van der Waals surface area contributed by atoms with E-state index in [2.05, 4.69) is 12.1 Å². The van der Waals surface area contributed by atoms with Crippen molar-refractivity contribution in [2.24, 2.45) is 0 Å². The van der Waals surface area contributed by atoms with Gasteiger partial charge in [-0.3, -0.25) is 4.79 Å². The van der Waals surface area contributed by atoms with Gasteiger partial charge in [0.05, 0.1) is 0 Å². The second kappa shape index (κ2) is 5.17. The van der Waals surface area contributed by atoms with Crippen LogP contribution in [0.2, 0.25) is 0 Å². The Hall–Kier alpha value is -1.57. The molecule has 0 radical (unpaired) electrons. The molecule has 1 atom stereocenters. The van der Waals surface area contributed by atoms with Crippen molar-refractivity contribution < 1.29 is 9.53 Å². The molecule has 2 heteroatoms. The monoisotopic (exact) mass is 230 g/mol. The third-order valence-corrected chi connectivity index (χ3v) is 3.16. The van der Waals surface area contributed by atoms with E-state index in [1.165, 1.54) is 0 Å². The summed E-state index contributed by atoms with van der Waals surface area (Å²) < 4.78 is 5.89. The maximum absolute atomic E-state index is 11.8. The largest absolute Gasteiger partial charge is 0.489 e. The molecule has 0 saturated carbocycles. The molecule has 1 aromatic carbocycles. The van der Waals surface area contributed by atoms with Crippen molar-refractivity contribution in [1.82, 2.24) is 0 Å². The van der Waals surface area contributed by atoms with Gasteiger partial charge in [0.2, 0.25) is 0 Å². The van der Waals surface area contributed by atoms with Crippen LogP contribution in [0.1, 0.15) is 44.8 Å². The van der Waals surface area contributed by atoms with Crippen LogP contribution in [0.3, 0.4) is 0 Å². The second-order valence-electron chi connectivity index (χ2n) is 4.25. The Labute approximate surface area is 102 Å². The van der Waals surface area contributed by atoms with Crippen molar-refractivity contribution in [1.29, 1.82) is 0 Å². The van der Waals surface area contributed by atoms with Gasteiger partial charge in [0.25, 0.3) is 0 Å². The summed E-state index contributed by atoms with van der Waals surface area (Å²) in [6, 6.07) is 10.1. The predicted octanol–water partition coefficient (Wildman–Crippen LogP) is 3.79. The molecule has 17 heavy (non-hydrogen) atoms. The van der Waals surface area contributed by atoms with E-state index in [9.17, 15) is 4.79 Å². The Morgan fingerprint density at radius 3 is 2.59 bits per heavy atom. The van der Waals surface area contributed by atoms with Crippen molar-refractivity contribution in [3.05, 3.63) is 47.2 Å². The van der Waals surface area contributed by atoms with E-state index in [1.807, 2.05) is 32.0 Å². The fourth-order valence-corrected chi connectivity index (χ4v) is 2.22. The summed E-state index contributed by atoms with van der Waals surface area (Å²) in [5, 5.41) is 0. The molecule has 0 aliphatic carbocycles. The summed E-state index contributed by atoms with van der Waals surface area (Å²) in [5.74, 6) is 1.10. The van der Waals surface area contributed by atoms with Crippen LogP contribution in [0.15, 0.2) is 41.7 Å². The van der Waals surface area contributed by atoms with Crippen LogP contribution in [0.25, 0.3) is 0 Å². The zero-order valence-electron chi connectivity index (χ0n) is 10.4. The fourth-order valence-electron chi connectivity index (χ4n) is 2.22. The fraction of sp³-hybridized carbons (Fsp3) is 0.400. The Kier molecular flexibility index (Phi) is 3.62. The van der Waals surface area contributed by atoms with Gasteiger partial charge < -0.3 is 4.74 Å². The molecule has 0 aromatic heterocycles. The highest BCUT2D eigenvalue weighted by Gasteiger charge is 2.28. The van der Waals surface area contributed by atoms with Gasteiger partial charge in [-0.15, -0.1) is 0 Å². The van der Waals surface area contributed by atoms with Crippen molar-refractivity contribution in [3.63, 3.8) is 0 Å². The third-order valence-electron chi connectivity index (χ3n) is 3.16. The van der Waals surface area contributed by atoms with E-state index in [-0.39, 0.29) is 11.9 Å². The minimum atomic E-state index is 0.0247. The number of ketones is 1. The molecule has 1 aromatic rings. The van der Waals surface area contributed by atoms with Crippen molar-refractivity contribution in [2.75, 3.05) is 0 Å². The van der Waals surface area contributed by atoms with Gasteiger partial charge in [-0.1, -0.05) is 44.2 Å². The Morgan fingerprint density at radius 1 is 1.29 bits per heavy atom. The zero-order valence-corrected chi connectivity index (χ0v) is 10.4. The smallest absolute Gasteiger partial charge is 0.162 e. The molecule has 0 N–H and O–H groups in total. The van der Waals surface area contributed by atoms with Crippen LogP contribution >= 0.6 is 0 Å². The number of carbonyl (C=O) groups excluding carboxylic acids is 1. The molecule has 1 unspecified atom stereocenters. The molecular weight excluding hydrogens is 212 g/mol. The molecule has 0 fully saturated rings. The highest BCUT2D eigenvalue weighted by Crippen LogP contribution is 2.37. The minimum Gasteiger partial charge on any atom is -0.489 e. The molecule has 0 bridgehead atoms. The van der Waals surface area contributed by atoms with Gasteiger partial charge in [-0.25, -0.2) is 0 Å². The molecule has 2 rings (SSSR count). The van der Waals surface area contributed by atoms with Gasteiger partial charge in [0.1, 0.15) is 11.9 Å². The number of Topliss-reactive ketones (excluding diaryl/α,β-unsaturated/α-hetero) is 1. The number of rotatable bonds is 4. The van der Waals surface area contributed by atoms with Gasteiger partial charge in [0, 0.05) is 24.8 Å². The van der Waals surface area contributed by atoms with Crippen LogP contribution in [0.4, 0.5) is 0 Å². The number of carbonyl (C=O) groups is 1. The summed E-state index contributed by atoms with van der Waals surface area (Å²) in [6.07, 6.45) is 2.10. The van der Waals surface area contributed by atoms with E-state index in [0.29, 0.717) is 6.42 Å². The molecule has 0 amide bonds. The quantitative estimate of drug-likeness (QED) is 0.786. The second-order valence-corrected chi connectivity index (χ2v) is 4.25. The maximum atomic E-state index is 11.8. The Bertz CT molecular complexity index is 431. The highest BCUT2D eigenvalue weighted by atomic mass is 16.5. The first-order chi connectivity index (χ1) is 8.26. The molecular formula is C15H18O2. The Morgan fingerprint density at radius 2 is 2.00 bits per heavy atom. The van der Waals surface area contributed by atoms with E-state index in [1.54, 1.807) is 0 Å². The van der Waals surface area contributed by atoms with Crippen LogP contribution < -0.4 is 0 Å². The summed E-state index contributed by atoms with van der Waals surface area (Å²) in [6.45, 7) is 3.93. The standard InChI is InChI=1S/C15H18O2/c1-3-13(16)12-10-15(17-14(12)4-2)11-8-6-5-7-9-11/h5-9,15H,3-4,10H2,1-2H3. The lowest BCUT2D eigenvalue weighted by Crippen LogP contribution is -2.01. The van der Waals surface area contributed by atoms with Crippen LogP contribution in [0.5, 0.6) is 0 Å². The first kappa shape index (κ1) is 11.9. The van der Waals surface area contributed by atoms with E-state index in [4.69, 9.17) is 4.74 Å². The van der Waals surface area contributed by atoms with Gasteiger partial charge in [-0.05, 0) is 5.56 Å². The summed E-state index contributed by atoms with van der Waals surface area (Å²) >= 11 is 0. The summed E-state index contributed by atoms with van der Waals surface area (Å²) in [7, 11) is 0. The summed E-state index contributed by atoms with van der Waals surface area (Å²) in [4.78, 5) is 11.8. The zero-order chi connectivity index (χ0) is 12.3. The molecule has 1 aliphatic rings. The van der Waals surface area contributed by atoms with E-state index < -0.39 is 0 Å². The van der Waals surface area contributed by atoms with Gasteiger partial charge in [-0.2, -0.15) is 0 Å². The first-order valence-electron chi connectivity index (χ1n) is 6.23. The van der Waals surface area contributed by atoms with E-state index in [0.717, 1.165) is 29.7 Å². The number of benzene rings is 1. The molecule has 1 heterocycles. The minimum absolute atomic E-state index is 0.0247. The van der Waals surface area contributed by atoms with Gasteiger partial charge >= 0.3 is 0 Å². The van der Waals surface area contributed by atoms with E-state index >= 15 is 0 Å². The van der Waals surface area contributed by atoms with Crippen LogP contribution in [-0.4, -0.2) is 5.78 Å². The molecule has 0 spiro atoms. The number of ether oxygens (including phenoxy) is 1. The lowest BCUT2D eigenvalue weighted by atomic mass is 9.99. The number of hydrogen-bond donors (Lipinski definition) is 0. The average Bonchev–Trinajstić information content (AvgIpc) is 2.83. The average molecular weight is 230 g/mol. The van der Waals surface area contributed by atoms with Crippen LogP contribution in [0, 0.1) is 0 Å². The molecule has 2 nitrogen and oxygen atoms in total. The topological polar surface area (TPSA) is 26.3 Å². The predicted molar refractivity (Wildman–Crippen MR) is 67.5 cm³/mol. The van der Waals surface area contributed by atoms with Gasteiger partial charge in [0.15, 0.2) is 5.78 Å². The molecule has 90 valence electrons. The lowest BCUT2D eigenvalue weighted by molar-refractivity contribution is -0.115. The lowest BCUT2D eigenvalue weighted by Gasteiger charge is -2.12. The van der Waals surface area contributed by atoms with Crippen molar-refractivity contribution in [3.8, 4) is 0 Å². The van der Waals surface area contributed by atoms with Crippen molar-refractivity contribution >= 4 is 5.78 Å². The first-order valence-corrected chi connectivity index (χ1v) is 6.23.